The van der Waals surface area contributed by atoms with Crippen LogP contribution in [0.1, 0.15) is 105 Å². The number of hydrogen-bond acceptors (Lipinski definition) is 12. The van der Waals surface area contributed by atoms with E-state index in [0.717, 1.165) is 0 Å². The molecule has 4 aliphatic rings. The van der Waals surface area contributed by atoms with Crippen molar-refractivity contribution >= 4 is 23.4 Å². The molecule has 1 saturated carbocycles. The largest absolute Gasteiger partial charge is 0.456 e. The summed E-state index contributed by atoms with van der Waals surface area (Å²) in [5, 5.41) is 34.1. The molecule has 0 radical (unpaired) electrons. The molecule has 322 valence electrons. The first kappa shape index (κ1) is 46.9. The number of Topliss-reactive ketones (excluding diaryl/α,β-unsaturated/α-hetero) is 2. The number of amides is 1. The highest BCUT2D eigenvalue weighted by atomic mass is 16.7. The zero-order chi connectivity index (χ0) is 42.2. The average Bonchev–Trinajstić information content (AvgIpc) is 3.18. The molecule has 0 aromatic carbocycles. The highest BCUT2D eigenvalue weighted by Gasteiger charge is 2.56. The number of aliphatic hydroxyl groups is 3. The minimum Gasteiger partial charge on any atom is -0.456 e. The number of ether oxygens (including phenoxy) is 5. The van der Waals surface area contributed by atoms with Gasteiger partial charge in [0.1, 0.15) is 18.2 Å². The van der Waals surface area contributed by atoms with Crippen molar-refractivity contribution in [2.24, 2.45) is 29.6 Å². The number of hydrogen-bond donors (Lipinski definition) is 3. The van der Waals surface area contributed by atoms with Crippen molar-refractivity contribution in [3.63, 3.8) is 0 Å². The lowest BCUT2D eigenvalue weighted by Crippen LogP contribution is -2.64. The zero-order valence-electron chi connectivity index (χ0n) is 35.4. The molecule has 13 nitrogen and oxygen atoms in total. The van der Waals surface area contributed by atoms with E-state index in [4.69, 9.17) is 23.7 Å². The number of carbonyl (C=O) groups excluding carboxylic acids is 4. The van der Waals surface area contributed by atoms with Gasteiger partial charge in [0, 0.05) is 46.1 Å². The summed E-state index contributed by atoms with van der Waals surface area (Å²) in [5.41, 5.74) is 1.18. The normalized spacial score (nSPS) is 40.1. The second-order valence-electron chi connectivity index (χ2n) is 17.3. The molecule has 3 aliphatic heterocycles. The van der Waals surface area contributed by atoms with Gasteiger partial charge in [-0.3, -0.25) is 14.4 Å². The summed E-state index contributed by atoms with van der Waals surface area (Å²) in [4.78, 5) is 57.8. The maximum Gasteiger partial charge on any atom is 0.329 e. The van der Waals surface area contributed by atoms with Gasteiger partial charge in [0.2, 0.25) is 5.79 Å². The van der Waals surface area contributed by atoms with Crippen LogP contribution >= 0.6 is 0 Å². The summed E-state index contributed by atoms with van der Waals surface area (Å²) >= 11 is 0. The molecule has 3 unspecified atom stereocenters. The van der Waals surface area contributed by atoms with Crippen LogP contribution in [-0.4, -0.2) is 126 Å². The van der Waals surface area contributed by atoms with Crippen LogP contribution in [0.5, 0.6) is 0 Å². The number of cyclic esters (lactones) is 1. The summed E-state index contributed by atoms with van der Waals surface area (Å²) in [5.74, 6) is -7.32. The Morgan fingerprint density at radius 1 is 0.912 bits per heavy atom. The fourth-order valence-corrected chi connectivity index (χ4v) is 9.44. The molecule has 0 aromatic rings. The van der Waals surface area contributed by atoms with E-state index in [-0.39, 0.29) is 55.4 Å². The van der Waals surface area contributed by atoms with Gasteiger partial charge in [-0.15, -0.1) is 6.58 Å². The van der Waals surface area contributed by atoms with Crippen LogP contribution in [0.2, 0.25) is 0 Å². The first-order valence-electron chi connectivity index (χ1n) is 20.9. The lowest BCUT2D eigenvalue weighted by molar-refractivity contribution is -0.302. The first-order valence-corrected chi connectivity index (χ1v) is 20.9. The lowest BCUT2D eigenvalue weighted by Gasteiger charge is -2.47. The number of piperidine rings is 1. The predicted molar refractivity (Wildman–Crippen MR) is 213 cm³/mol. The van der Waals surface area contributed by atoms with Crippen LogP contribution in [0, 0.1) is 29.6 Å². The minimum absolute atomic E-state index is 0.0120. The molecule has 3 fully saturated rings. The summed E-state index contributed by atoms with van der Waals surface area (Å²) < 4.78 is 29.8. The van der Waals surface area contributed by atoms with Crippen LogP contribution in [0.15, 0.2) is 36.0 Å². The number of ketones is 2. The Bertz CT molecular complexity index is 1480. The molecule has 57 heavy (non-hydrogen) atoms. The Morgan fingerprint density at radius 3 is 2.23 bits per heavy atom. The average molecular weight is 804 g/mol. The molecule has 13 heteroatoms. The molecule has 3 N–H and O–H groups in total. The number of methoxy groups -OCH3 is 3. The van der Waals surface area contributed by atoms with Crippen LogP contribution in [-0.2, 0) is 42.9 Å². The molecule has 0 aromatic heterocycles. The predicted octanol–water partition coefficient (Wildman–Crippen LogP) is 4.64. The fraction of sp³-hybridized carbons (Fsp3) is 0.773. The van der Waals surface area contributed by atoms with E-state index in [2.05, 4.69) is 13.5 Å². The highest BCUT2D eigenvalue weighted by Crippen LogP contribution is 2.39. The Balaban J connectivity index is 1.78. The third kappa shape index (κ3) is 11.3. The third-order valence-electron chi connectivity index (χ3n) is 12.8. The molecule has 2 bridgehead atoms. The van der Waals surface area contributed by atoms with E-state index in [0.29, 0.717) is 62.5 Å². The van der Waals surface area contributed by atoms with E-state index in [1.54, 1.807) is 27.0 Å². The number of rotatable bonds is 7. The van der Waals surface area contributed by atoms with Crippen molar-refractivity contribution in [1.82, 2.24) is 4.90 Å². The van der Waals surface area contributed by atoms with E-state index in [1.165, 1.54) is 19.1 Å². The van der Waals surface area contributed by atoms with Crippen LogP contribution in [0.3, 0.4) is 0 Å². The number of aliphatic hydroxyl groups excluding tert-OH is 2. The Morgan fingerprint density at radius 2 is 1.58 bits per heavy atom. The lowest BCUT2D eigenvalue weighted by atomic mass is 9.81. The zero-order valence-corrected chi connectivity index (χ0v) is 35.4. The summed E-state index contributed by atoms with van der Waals surface area (Å²) in [6, 6.07) is -1.14. The van der Waals surface area contributed by atoms with Gasteiger partial charge < -0.3 is 43.9 Å². The minimum atomic E-state index is -2.51. The smallest absolute Gasteiger partial charge is 0.329 e. The van der Waals surface area contributed by atoms with Crippen molar-refractivity contribution in [1.29, 1.82) is 0 Å². The Hall–Kier alpha value is -2.78. The van der Waals surface area contributed by atoms with Gasteiger partial charge in [0.15, 0.2) is 5.78 Å². The molecule has 0 spiro atoms. The molecule has 1 aliphatic carbocycles. The summed E-state index contributed by atoms with van der Waals surface area (Å²) in [6.07, 6.45) is 4.89. The maximum atomic E-state index is 14.3. The number of esters is 1. The molecule has 1 amide bonds. The molecule has 3 heterocycles. The SMILES string of the molecule is C=CCC1=CC(C)C[C@H](C)C[C@H](OC)[C@H]2O[C@@](O)(C(=O)C(=O)N3CCCCC3C(=O)O[C@H](C(C)=CC3CC[C@@H](O)[C@H](OC)C3)[C@H](C)[C@@H](O)CC1=O)[C@H](C)C[C@@H]2OC. The van der Waals surface area contributed by atoms with Crippen LogP contribution in [0.25, 0.3) is 0 Å². The monoisotopic (exact) mass is 803 g/mol. The maximum absolute atomic E-state index is 14.3. The van der Waals surface area contributed by atoms with E-state index >= 15 is 0 Å². The van der Waals surface area contributed by atoms with Crippen molar-refractivity contribution in [3.05, 3.63) is 36.0 Å². The van der Waals surface area contributed by atoms with Gasteiger partial charge in [-0.2, -0.15) is 0 Å². The van der Waals surface area contributed by atoms with Crippen molar-refractivity contribution < 1.29 is 58.2 Å². The van der Waals surface area contributed by atoms with E-state index < -0.39 is 77.9 Å². The Labute approximate surface area is 339 Å². The third-order valence-corrected chi connectivity index (χ3v) is 12.8. The topological polar surface area (TPSA) is 178 Å². The molecular weight excluding hydrogens is 734 g/mol. The second-order valence-corrected chi connectivity index (χ2v) is 17.3. The molecule has 2 saturated heterocycles. The highest BCUT2D eigenvalue weighted by molar-refractivity contribution is 6.39. The molecule has 14 atom stereocenters. The Kier molecular flexibility index (Phi) is 17.2. The van der Waals surface area contributed by atoms with Crippen molar-refractivity contribution in [2.75, 3.05) is 27.9 Å². The molecular formula is C44H69NO12. The number of carbonyl (C=O) groups is 4. The summed E-state index contributed by atoms with van der Waals surface area (Å²) in [6.45, 7) is 13.2. The van der Waals surface area contributed by atoms with Crippen LogP contribution < -0.4 is 0 Å². The summed E-state index contributed by atoms with van der Waals surface area (Å²) in [7, 11) is 4.61. The first-order chi connectivity index (χ1) is 27.0. The number of nitrogens with zero attached hydrogens (tertiary/aromatic N) is 1. The van der Waals surface area contributed by atoms with Gasteiger partial charge in [0.25, 0.3) is 11.7 Å². The van der Waals surface area contributed by atoms with Gasteiger partial charge in [-0.05, 0) is 100 Å². The number of fused-ring (bicyclic) bond motifs is 3. The molecule has 4 rings (SSSR count). The number of allylic oxidation sites excluding steroid dienone is 4. The second kappa shape index (κ2) is 21.0. The quantitative estimate of drug-likeness (QED) is 0.185. The van der Waals surface area contributed by atoms with Gasteiger partial charge in [0.05, 0.1) is 30.5 Å². The van der Waals surface area contributed by atoms with Gasteiger partial charge in [-0.25, -0.2) is 4.79 Å². The van der Waals surface area contributed by atoms with E-state index in [9.17, 15) is 34.5 Å². The van der Waals surface area contributed by atoms with Crippen molar-refractivity contribution in [3.8, 4) is 0 Å². The standard InChI is InChI=1S/C44H69NO12/c1-10-13-31-19-25(2)18-26(3)20-37(54-8)40-38(55-9)22-28(5)44(52,57-40)41(49)42(50)45-17-12-11-14-32(45)43(51)56-39(29(6)34(47)24-35(31)48)27(4)21-30-15-16-33(46)36(23-30)53-7/h10,19,21,25-26,28-30,32-34,36-40,46-47,52H,1,11-18,20,22-24H2,2-9H3/t25?,26-,28+,29+,30?,32?,33+,34-,36+,37-,38-,39+,40+,44+/m0/s1. The van der Waals surface area contributed by atoms with Crippen LogP contribution in [0.4, 0.5) is 0 Å². The van der Waals surface area contributed by atoms with Crippen molar-refractivity contribution in [2.45, 2.75) is 160 Å². The van der Waals surface area contributed by atoms with Gasteiger partial charge in [-0.1, -0.05) is 45.9 Å². The van der Waals surface area contributed by atoms with Gasteiger partial charge >= 0.3 is 5.97 Å². The van der Waals surface area contributed by atoms with E-state index in [1.807, 2.05) is 26.0 Å². The fourth-order valence-electron chi connectivity index (χ4n) is 9.44.